The highest BCUT2D eigenvalue weighted by Gasteiger charge is 2.15. The third-order valence-corrected chi connectivity index (χ3v) is 3.37. The predicted molar refractivity (Wildman–Crippen MR) is 95.5 cm³/mol. The topological polar surface area (TPSA) is 64.6 Å². The van der Waals surface area contributed by atoms with Gasteiger partial charge in [-0.15, -0.1) is 0 Å². The minimum atomic E-state index is -0.584. The zero-order valence-electron chi connectivity index (χ0n) is 14.7. The van der Waals surface area contributed by atoms with E-state index in [1.807, 2.05) is 45.0 Å². The van der Waals surface area contributed by atoms with E-state index in [4.69, 9.17) is 9.47 Å². The molecule has 0 heterocycles. The number of ether oxygens (including phenoxy) is 2. The van der Waals surface area contributed by atoms with Gasteiger partial charge in [0.15, 0.2) is 6.61 Å². The van der Waals surface area contributed by atoms with E-state index < -0.39 is 5.97 Å². The number of nitrogens with one attached hydrogen (secondary N) is 1. The van der Waals surface area contributed by atoms with Crippen LogP contribution in [0.1, 0.15) is 35.3 Å². The molecule has 0 atom stereocenters. The lowest BCUT2D eigenvalue weighted by Crippen LogP contribution is -2.34. The molecule has 25 heavy (non-hydrogen) atoms. The predicted octanol–water partition coefficient (Wildman–Crippen LogP) is 3.26. The van der Waals surface area contributed by atoms with E-state index in [0.717, 1.165) is 11.1 Å². The van der Waals surface area contributed by atoms with Crippen molar-refractivity contribution in [2.24, 2.45) is 0 Å². The highest BCUT2D eigenvalue weighted by atomic mass is 16.5. The maximum absolute atomic E-state index is 12.2. The Morgan fingerprint density at radius 2 is 1.84 bits per heavy atom. The van der Waals surface area contributed by atoms with Crippen LogP contribution in [0.2, 0.25) is 0 Å². The van der Waals surface area contributed by atoms with Crippen LogP contribution in [-0.2, 0) is 16.1 Å². The van der Waals surface area contributed by atoms with Crippen LogP contribution < -0.4 is 10.1 Å². The third kappa shape index (κ3) is 5.95. The van der Waals surface area contributed by atoms with E-state index in [1.54, 1.807) is 24.3 Å². The number of carbonyl (C=O) groups is 2. The van der Waals surface area contributed by atoms with Gasteiger partial charge in [-0.3, -0.25) is 4.79 Å². The van der Waals surface area contributed by atoms with Gasteiger partial charge in [0.25, 0.3) is 5.91 Å². The van der Waals surface area contributed by atoms with Crippen molar-refractivity contribution in [2.45, 2.75) is 33.4 Å². The Balaban J connectivity index is 1.99. The fourth-order valence-corrected chi connectivity index (χ4v) is 2.30. The fourth-order valence-electron chi connectivity index (χ4n) is 2.30. The van der Waals surface area contributed by atoms with E-state index in [-0.39, 0.29) is 18.6 Å². The molecule has 5 nitrogen and oxygen atoms in total. The van der Waals surface area contributed by atoms with Gasteiger partial charge >= 0.3 is 5.97 Å². The smallest absolute Gasteiger partial charge is 0.342 e. The fraction of sp³-hybridized carbons (Fsp3) is 0.300. The first-order chi connectivity index (χ1) is 12.0. The summed E-state index contributed by atoms with van der Waals surface area (Å²) in [5.41, 5.74) is 2.46. The monoisotopic (exact) mass is 341 g/mol. The number of hydrogen-bond acceptors (Lipinski definition) is 4. The molecular weight excluding hydrogens is 318 g/mol. The Kier molecular flexibility index (Phi) is 6.57. The van der Waals surface area contributed by atoms with E-state index in [0.29, 0.717) is 17.9 Å². The zero-order valence-corrected chi connectivity index (χ0v) is 14.7. The minimum Gasteiger partial charge on any atom is -0.488 e. The van der Waals surface area contributed by atoms with Crippen LogP contribution in [-0.4, -0.2) is 24.5 Å². The number of aryl methyl sites for hydroxylation is 1. The molecule has 0 radical (unpaired) electrons. The van der Waals surface area contributed by atoms with Crippen LogP contribution in [0.4, 0.5) is 0 Å². The largest absolute Gasteiger partial charge is 0.488 e. The molecule has 2 aromatic carbocycles. The first-order valence-corrected chi connectivity index (χ1v) is 8.19. The Labute approximate surface area is 148 Å². The standard InChI is InChI=1S/C20H23NO4/c1-14(2)21-19(22)13-25-20(23)17-9-4-5-10-18(17)24-12-16-8-6-7-15(3)11-16/h4-11,14H,12-13H2,1-3H3,(H,21,22). The molecule has 0 bridgehead atoms. The van der Waals surface area contributed by atoms with Crippen molar-refractivity contribution < 1.29 is 19.1 Å². The molecule has 2 aromatic rings. The normalized spacial score (nSPS) is 10.4. The molecule has 0 aliphatic heterocycles. The van der Waals surface area contributed by atoms with Gasteiger partial charge in [0.05, 0.1) is 0 Å². The summed E-state index contributed by atoms with van der Waals surface area (Å²) in [6, 6.07) is 14.8. The summed E-state index contributed by atoms with van der Waals surface area (Å²) in [5.74, 6) is -0.487. The summed E-state index contributed by atoms with van der Waals surface area (Å²) in [7, 11) is 0. The molecule has 2 rings (SSSR count). The van der Waals surface area contributed by atoms with Crippen molar-refractivity contribution in [2.75, 3.05) is 6.61 Å². The number of benzene rings is 2. The van der Waals surface area contributed by atoms with Gasteiger partial charge in [-0.1, -0.05) is 42.0 Å². The van der Waals surface area contributed by atoms with Gasteiger partial charge in [-0.2, -0.15) is 0 Å². The molecule has 132 valence electrons. The lowest BCUT2D eigenvalue weighted by molar-refractivity contribution is -0.124. The van der Waals surface area contributed by atoms with Crippen LogP contribution in [0.5, 0.6) is 5.75 Å². The van der Waals surface area contributed by atoms with Crippen LogP contribution in [0.15, 0.2) is 48.5 Å². The average Bonchev–Trinajstić information content (AvgIpc) is 2.57. The Hall–Kier alpha value is -2.82. The quantitative estimate of drug-likeness (QED) is 0.785. The second-order valence-corrected chi connectivity index (χ2v) is 6.07. The molecular formula is C20H23NO4. The van der Waals surface area contributed by atoms with Crippen LogP contribution in [0.3, 0.4) is 0 Å². The maximum Gasteiger partial charge on any atom is 0.342 e. The van der Waals surface area contributed by atoms with Gasteiger partial charge in [-0.25, -0.2) is 4.79 Å². The van der Waals surface area contributed by atoms with Crippen molar-refractivity contribution in [1.29, 1.82) is 0 Å². The SMILES string of the molecule is Cc1cccc(COc2ccccc2C(=O)OCC(=O)NC(C)C)c1. The Morgan fingerprint density at radius 3 is 2.56 bits per heavy atom. The molecule has 0 saturated carbocycles. The van der Waals surface area contributed by atoms with Crippen molar-refractivity contribution in [3.8, 4) is 5.75 Å². The molecule has 0 unspecified atom stereocenters. The minimum absolute atomic E-state index is 0.00356. The number of carbonyl (C=O) groups excluding carboxylic acids is 2. The second-order valence-electron chi connectivity index (χ2n) is 6.07. The Bertz CT molecular complexity index is 740. The van der Waals surface area contributed by atoms with Crippen molar-refractivity contribution >= 4 is 11.9 Å². The molecule has 1 N–H and O–H groups in total. The first-order valence-electron chi connectivity index (χ1n) is 8.19. The lowest BCUT2D eigenvalue weighted by atomic mass is 10.1. The summed E-state index contributed by atoms with van der Waals surface area (Å²) in [4.78, 5) is 23.8. The molecule has 5 heteroatoms. The number of hydrogen-bond donors (Lipinski definition) is 1. The molecule has 0 spiro atoms. The number of para-hydroxylation sites is 1. The molecule has 0 saturated heterocycles. The van der Waals surface area contributed by atoms with Gasteiger partial charge in [-0.05, 0) is 38.5 Å². The van der Waals surface area contributed by atoms with E-state index in [2.05, 4.69) is 5.32 Å². The van der Waals surface area contributed by atoms with Crippen LogP contribution >= 0.6 is 0 Å². The second kappa shape index (κ2) is 8.87. The maximum atomic E-state index is 12.2. The third-order valence-electron chi connectivity index (χ3n) is 3.37. The lowest BCUT2D eigenvalue weighted by Gasteiger charge is -2.12. The number of amides is 1. The molecule has 0 aliphatic rings. The Morgan fingerprint density at radius 1 is 1.08 bits per heavy atom. The number of esters is 1. The molecule has 0 fully saturated rings. The van der Waals surface area contributed by atoms with Crippen LogP contribution in [0.25, 0.3) is 0 Å². The molecule has 1 amide bonds. The highest BCUT2D eigenvalue weighted by Crippen LogP contribution is 2.20. The van der Waals surface area contributed by atoms with Crippen LogP contribution in [0, 0.1) is 6.92 Å². The van der Waals surface area contributed by atoms with Crippen molar-refractivity contribution in [3.05, 3.63) is 65.2 Å². The highest BCUT2D eigenvalue weighted by molar-refractivity contribution is 5.94. The summed E-state index contributed by atoms with van der Waals surface area (Å²) in [5, 5.41) is 2.67. The van der Waals surface area contributed by atoms with Crippen molar-refractivity contribution in [3.63, 3.8) is 0 Å². The van der Waals surface area contributed by atoms with E-state index in [9.17, 15) is 9.59 Å². The summed E-state index contributed by atoms with van der Waals surface area (Å²) >= 11 is 0. The molecule has 0 aromatic heterocycles. The van der Waals surface area contributed by atoms with Gasteiger partial charge in [0, 0.05) is 6.04 Å². The summed E-state index contributed by atoms with van der Waals surface area (Å²) in [6.45, 7) is 5.72. The van der Waals surface area contributed by atoms with Gasteiger partial charge in [0.1, 0.15) is 17.9 Å². The zero-order chi connectivity index (χ0) is 18.2. The number of rotatable bonds is 7. The van der Waals surface area contributed by atoms with Crippen molar-refractivity contribution in [1.82, 2.24) is 5.32 Å². The summed E-state index contributed by atoms with van der Waals surface area (Å²) < 4.78 is 10.8. The van der Waals surface area contributed by atoms with E-state index >= 15 is 0 Å². The average molecular weight is 341 g/mol. The summed E-state index contributed by atoms with van der Waals surface area (Å²) in [6.07, 6.45) is 0. The first kappa shape index (κ1) is 18.5. The van der Waals surface area contributed by atoms with Gasteiger partial charge < -0.3 is 14.8 Å². The van der Waals surface area contributed by atoms with Gasteiger partial charge in [0.2, 0.25) is 0 Å². The van der Waals surface area contributed by atoms with E-state index in [1.165, 1.54) is 0 Å². The molecule has 0 aliphatic carbocycles.